The highest BCUT2D eigenvalue weighted by Crippen LogP contribution is 2.34. The monoisotopic (exact) mass is 450 g/mol. The number of nitrogens with zero attached hydrogens (tertiary/aromatic N) is 1. The first kappa shape index (κ1) is 22.4. The second kappa shape index (κ2) is 9.26. The SMILES string of the molecule is O=C(O)CCc1ccc(-c2ccc(Cl)cc2)n1CC(=O)Nc1ccccc1C(F)(F)F. The van der Waals surface area contributed by atoms with E-state index < -0.39 is 23.6 Å². The number of anilines is 1. The molecule has 2 aromatic carbocycles. The summed E-state index contributed by atoms with van der Waals surface area (Å²) in [6, 6.07) is 15.0. The molecule has 0 saturated carbocycles. The van der Waals surface area contributed by atoms with Crippen LogP contribution in [-0.4, -0.2) is 21.6 Å². The summed E-state index contributed by atoms with van der Waals surface area (Å²) in [5.74, 6) is -1.66. The van der Waals surface area contributed by atoms with Gasteiger partial charge in [-0.2, -0.15) is 13.2 Å². The number of hydrogen-bond acceptors (Lipinski definition) is 2. The lowest BCUT2D eigenvalue weighted by molar-refractivity contribution is -0.137. The number of halogens is 4. The molecule has 2 N–H and O–H groups in total. The predicted molar refractivity (Wildman–Crippen MR) is 111 cm³/mol. The summed E-state index contributed by atoms with van der Waals surface area (Å²) in [7, 11) is 0. The number of carboxylic acids is 1. The number of rotatable bonds is 7. The molecule has 0 bridgehead atoms. The molecule has 31 heavy (non-hydrogen) atoms. The number of aromatic nitrogens is 1. The number of amides is 1. The Bertz CT molecular complexity index is 1090. The van der Waals surface area contributed by atoms with Crippen molar-refractivity contribution < 1.29 is 27.9 Å². The van der Waals surface area contributed by atoms with Crippen molar-refractivity contribution in [1.82, 2.24) is 4.57 Å². The third-order valence-electron chi connectivity index (χ3n) is 4.61. The predicted octanol–water partition coefficient (Wildman–Crippen LogP) is 5.48. The Balaban J connectivity index is 1.90. The molecule has 162 valence electrons. The van der Waals surface area contributed by atoms with Crippen LogP contribution in [0.25, 0.3) is 11.3 Å². The fourth-order valence-corrected chi connectivity index (χ4v) is 3.32. The molecule has 9 heteroatoms. The molecular formula is C22H18ClF3N2O3. The molecule has 0 radical (unpaired) electrons. The maximum absolute atomic E-state index is 13.2. The summed E-state index contributed by atoms with van der Waals surface area (Å²) in [6.45, 7) is -0.286. The van der Waals surface area contributed by atoms with E-state index in [0.29, 0.717) is 16.4 Å². The summed E-state index contributed by atoms with van der Waals surface area (Å²) in [6.07, 6.45) is -4.60. The second-order valence-electron chi connectivity index (χ2n) is 6.79. The lowest BCUT2D eigenvalue weighted by Crippen LogP contribution is -2.22. The van der Waals surface area contributed by atoms with Crippen molar-refractivity contribution in [2.75, 3.05) is 5.32 Å². The van der Waals surface area contributed by atoms with Gasteiger partial charge in [-0.25, -0.2) is 0 Å². The minimum Gasteiger partial charge on any atom is -0.481 e. The van der Waals surface area contributed by atoms with Gasteiger partial charge in [-0.1, -0.05) is 35.9 Å². The third kappa shape index (κ3) is 5.67. The van der Waals surface area contributed by atoms with Crippen LogP contribution in [0, 0.1) is 0 Å². The Morgan fingerprint density at radius 3 is 2.32 bits per heavy atom. The average molecular weight is 451 g/mol. The van der Waals surface area contributed by atoms with E-state index in [4.69, 9.17) is 16.7 Å². The Labute approximate surface area is 181 Å². The van der Waals surface area contributed by atoms with Crippen molar-refractivity contribution in [2.45, 2.75) is 25.6 Å². The number of carboxylic acid groups (broad SMARTS) is 1. The fraction of sp³-hybridized carbons (Fsp3) is 0.182. The van der Waals surface area contributed by atoms with Crippen molar-refractivity contribution in [3.8, 4) is 11.3 Å². The molecule has 0 saturated heterocycles. The molecule has 3 rings (SSSR count). The van der Waals surface area contributed by atoms with Crippen LogP contribution in [0.5, 0.6) is 0 Å². The molecule has 0 aliphatic carbocycles. The number of aliphatic carboxylic acids is 1. The number of aryl methyl sites for hydroxylation is 1. The van der Waals surface area contributed by atoms with Gasteiger partial charge in [0.2, 0.25) is 5.91 Å². The van der Waals surface area contributed by atoms with Crippen molar-refractivity contribution in [3.05, 3.63) is 76.9 Å². The van der Waals surface area contributed by atoms with Crippen LogP contribution in [0.2, 0.25) is 5.02 Å². The van der Waals surface area contributed by atoms with Crippen LogP contribution in [-0.2, 0) is 28.7 Å². The number of carbonyl (C=O) groups is 2. The first-order valence-electron chi connectivity index (χ1n) is 9.27. The summed E-state index contributed by atoms with van der Waals surface area (Å²) in [4.78, 5) is 23.6. The topological polar surface area (TPSA) is 71.3 Å². The van der Waals surface area contributed by atoms with Crippen LogP contribution < -0.4 is 5.32 Å². The number of carbonyl (C=O) groups excluding carboxylic acids is 1. The van der Waals surface area contributed by atoms with Gasteiger partial charge in [0, 0.05) is 16.4 Å². The number of alkyl halides is 3. The molecule has 0 aliphatic rings. The molecule has 0 unspecified atom stereocenters. The molecule has 3 aromatic rings. The number of hydrogen-bond donors (Lipinski definition) is 2. The Kier molecular flexibility index (Phi) is 6.70. The van der Waals surface area contributed by atoms with E-state index >= 15 is 0 Å². The number of para-hydroxylation sites is 1. The van der Waals surface area contributed by atoms with E-state index in [2.05, 4.69) is 5.32 Å². The normalized spacial score (nSPS) is 11.4. The van der Waals surface area contributed by atoms with E-state index in [1.165, 1.54) is 18.2 Å². The van der Waals surface area contributed by atoms with Crippen molar-refractivity contribution >= 4 is 29.2 Å². The van der Waals surface area contributed by atoms with Crippen LogP contribution in [0.3, 0.4) is 0 Å². The zero-order valence-electron chi connectivity index (χ0n) is 16.1. The minimum absolute atomic E-state index is 0.150. The summed E-state index contributed by atoms with van der Waals surface area (Å²) >= 11 is 5.93. The average Bonchev–Trinajstić information content (AvgIpc) is 3.09. The van der Waals surface area contributed by atoms with Gasteiger partial charge >= 0.3 is 12.1 Å². The maximum atomic E-state index is 13.2. The van der Waals surface area contributed by atoms with Crippen LogP contribution in [0.1, 0.15) is 17.7 Å². The standard InChI is InChI=1S/C22H18ClF3N2O3/c23-15-7-5-14(6-8-15)19-11-9-16(10-12-21(30)31)28(19)13-20(29)27-18-4-2-1-3-17(18)22(24,25)26/h1-9,11H,10,12-13H2,(H,27,29)(H,30,31). The molecule has 1 amide bonds. The molecule has 1 heterocycles. The molecule has 0 fully saturated rings. The number of nitrogens with one attached hydrogen (secondary N) is 1. The van der Waals surface area contributed by atoms with Gasteiger partial charge in [-0.15, -0.1) is 0 Å². The fourth-order valence-electron chi connectivity index (χ4n) is 3.20. The van der Waals surface area contributed by atoms with E-state index in [0.717, 1.165) is 11.6 Å². The van der Waals surface area contributed by atoms with E-state index in [1.807, 2.05) is 0 Å². The van der Waals surface area contributed by atoms with Gasteiger partial charge in [0.15, 0.2) is 0 Å². The van der Waals surface area contributed by atoms with E-state index in [-0.39, 0.29) is 25.1 Å². The highest BCUT2D eigenvalue weighted by molar-refractivity contribution is 6.30. The largest absolute Gasteiger partial charge is 0.481 e. The molecular weight excluding hydrogens is 433 g/mol. The van der Waals surface area contributed by atoms with Gasteiger partial charge in [0.25, 0.3) is 0 Å². The highest BCUT2D eigenvalue weighted by Gasteiger charge is 2.33. The molecule has 0 spiro atoms. The number of benzene rings is 2. The third-order valence-corrected chi connectivity index (χ3v) is 4.87. The molecule has 5 nitrogen and oxygen atoms in total. The van der Waals surface area contributed by atoms with Gasteiger partial charge in [0.1, 0.15) is 6.54 Å². The first-order valence-corrected chi connectivity index (χ1v) is 9.65. The lowest BCUT2D eigenvalue weighted by Gasteiger charge is -2.16. The summed E-state index contributed by atoms with van der Waals surface area (Å²) in [5, 5.41) is 11.8. The van der Waals surface area contributed by atoms with Gasteiger partial charge in [-0.3, -0.25) is 9.59 Å². The van der Waals surface area contributed by atoms with Gasteiger partial charge in [-0.05, 0) is 48.4 Å². The highest BCUT2D eigenvalue weighted by atomic mass is 35.5. The van der Waals surface area contributed by atoms with Crippen molar-refractivity contribution in [1.29, 1.82) is 0 Å². The zero-order valence-corrected chi connectivity index (χ0v) is 16.9. The van der Waals surface area contributed by atoms with Crippen molar-refractivity contribution in [3.63, 3.8) is 0 Å². The van der Waals surface area contributed by atoms with Crippen LogP contribution >= 0.6 is 11.6 Å². The Hall–Kier alpha value is -3.26. The van der Waals surface area contributed by atoms with Gasteiger partial charge < -0.3 is 15.0 Å². The van der Waals surface area contributed by atoms with E-state index in [9.17, 15) is 22.8 Å². The Morgan fingerprint density at radius 1 is 1.00 bits per heavy atom. The quantitative estimate of drug-likeness (QED) is 0.500. The first-order chi connectivity index (χ1) is 14.6. The second-order valence-corrected chi connectivity index (χ2v) is 7.22. The van der Waals surface area contributed by atoms with Crippen molar-refractivity contribution in [2.24, 2.45) is 0 Å². The minimum atomic E-state index is -4.61. The lowest BCUT2D eigenvalue weighted by atomic mass is 10.1. The van der Waals surface area contributed by atoms with E-state index in [1.54, 1.807) is 41.0 Å². The molecule has 0 atom stereocenters. The Morgan fingerprint density at radius 2 is 1.68 bits per heavy atom. The molecule has 1 aromatic heterocycles. The smallest absolute Gasteiger partial charge is 0.418 e. The molecule has 0 aliphatic heterocycles. The summed E-state index contributed by atoms with van der Waals surface area (Å²) in [5.41, 5.74) is 0.643. The summed E-state index contributed by atoms with van der Waals surface area (Å²) < 4.78 is 41.2. The maximum Gasteiger partial charge on any atom is 0.418 e. The van der Waals surface area contributed by atoms with Crippen LogP contribution in [0.4, 0.5) is 18.9 Å². The van der Waals surface area contributed by atoms with Crippen LogP contribution in [0.15, 0.2) is 60.7 Å². The van der Waals surface area contributed by atoms with Gasteiger partial charge in [0.05, 0.1) is 17.7 Å². The zero-order chi connectivity index (χ0) is 22.6.